The monoisotopic (exact) mass is 374 g/mol. The molecule has 9 heteroatoms. The summed E-state index contributed by atoms with van der Waals surface area (Å²) in [5.74, 6) is -2.06. The van der Waals surface area contributed by atoms with E-state index in [0.717, 1.165) is 6.07 Å². The van der Waals surface area contributed by atoms with Crippen LogP contribution < -0.4 is 15.8 Å². The lowest BCUT2D eigenvalue weighted by atomic mass is 9.65. The van der Waals surface area contributed by atoms with E-state index >= 15 is 0 Å². The topological polar surface area (TPSA) is 116 Å². The Balaban J connectivity index is 1.78. The maximum Gasteiger partial charge on any atom is 0.321 e. The van der Waals surface area contributed by atoms with Gasteiger partial charge in [0.05, 0.1) is 6.10 Å². The van der Waals surface area contributed by atoms with Gasteiger partial charge in [-0.05, 0) is 37.5 Å². The van der Waals surface area contributed by atoms with E-state index in [1.807, 2.05) is 0 Å². The number of benzene rings is 1. The molecule has 0 unspecified atom stereocenters. The molecular weight excluding hydrogens is 355 g/mol. The van der Waals surface area contributed by atoms with Gasteiger partial charge in [-0.1, -0.05) is 0 Å². The van der Waals surface area contributed by atoms with E-state index in [-0.39, 0.29) is 36.4 Å². The van der Waals surface area contributed by atoms with Crippen molar-refractivity contribution in [3.8, 4) is 11.8 Å². The number of nitrogens with zero attached hydrogens (tertiary/aromatic N) is 2. The molecule has 0 atom stereocenters. The van der Waals surface area contributed by atoms with Gasteiger partial charge in [-0.2, -0.15) is 0 Å². The van der Waals surface area contributed by atoms with Crippen LogP contribution in [0.15, 0.2) is 30.6 Å². The highest BCUT2D eigenvalue weighted by molar-refractivity contribution is 6.11. The lowest BCUT2D eigenvalue weighted by Gasteiger charge is -2.42. The van der Waals surface area contributed by atoms with Crippen molar-refractivity contribution in [1.29, 1.82) is 0 Å². The zero-order valence-corrected chi connectivity index (χ0v) is 14.9. The maximum absolute atomic E-state index is 14.5. The third kappa shape index (κ3) is 3.59. The van der Waals surface area contributed by atoms with Crippen molar-refractivity contribution in [2.75, 3.05) is 12.4 Å². The minimum absolute atomic E-state index is 0.00374. The Morgan fingerprint density at radius 3 is 2.52 bits per heavy atom. The number of methoxy groups -OCH3 is 1. The van der Waals surface area contributed by atoms with E-state index in [0.29, 0.717) is 5.56 Å². The number of nitrogens with two attached hydrogens (primary N) is 1. The summed E-state index contributed by atoms with van der Waals surface area (Å²) >= 11 is 0. The summed E-state index contributed by atoms with van der Waals surface area (Å²) in [6, 6.07) is 4.24. The Hall–Kier alpha value is -3.07. The normalized spacial score (nSPS) is 21.2. The Morgan fingerprint density at radius 2 is 1.96 bits per heavy atom. The molecule has 0 bridgehead atoms. The van der Waals surface area contributed by atoms with Gasteiger partial charge in [0.25, 0.3) is 0 Å². The molecule has 2 aromatic rings. The number of primary amides is 1. The van der Waals surface area contributed by atoms with Gasteiger partial charge in [-0.3, -0.25) is 9.59 Å². The zero-order valence-electron chi connectivity index (χ0n) is 14.9. The van der Waals surface area contributed by atoms with Crippen molar-refractivity contribution in [1.82, 2.24) is 9.97 Å². The second-order valence-electron chi connectivity index (χ2n) is 6.40. The average Bonchev–Trinajstić information content (AvgIpc) is 2.58. The number of aromatic nitrogens is 2. The summed E-state index contributed by atoms with van der Waals surface area (Å²) in [5.41, 5.74) is 4.68. The van der Waals surface area contributed by atoms with Gasteiger partial charge in [0.1, 0.15) is 5.41 Å². The molecular formula is C18H19FN4O4. The Bertz CT molecular complexity index is 846. The van der Waals surface area contributed by atoms with Gasteiger partial charge in [-0.15, -0.1) is 0 Å². The fraction of sp³-hybridized carbons (Fsp3) is 0.333. The van der Waals surface area contributed by atoms with Crippen molar-refractivity contribution in [3.63, 3.8) is 0 Å². The van der Waals surface area contributed by atoms with Crippen LogP contribution in [0.4, 0.5) is 10.1 Å². The van der Waals surface area contributed by atoms with E-state index in [4.69, 9.17) is 15.2 Å². The largest absolute Gasteiger partial charge is 0.421 e. The number of halogens is 1. The number of carbonyl (C=O) groups excluding carboxylic acids is 2. The molecule has 1 heterocycles. The standard InChI is InChI=1S/C18H19FN4O4/c1-10-6-11(7-13(19)14(10)27-17-21-4-3-5-22-17)23-16(25)18(15(20)24)8-12(9-18)26-2/h3-7,12H,8-9H2,1-2H3,(H2,20,24)(H,23,25). The number of aryl methyl sites for hydroxylation is 1. The second-order valence-corrected chi connectivity index (χ2v) is 6.40. The Morgan fingerprint density at radius 1 is 1.30 bits per heavy atom. The van der Waals surface area contributed by atoms with Crippen LogP contribution in [0.2, 0.25) is 0 Å². The van der Waals surface area contributed by atoms with Crippen LogP contribution in [0.1, 0.15) is 18.4 Å². The SMILES string of the molecule is COC1CC(C(N)=O)(C(=O)Nc2cc(C)c(Oc3ncccn3)c(F)c2)C1. The highest BCUT2D eigenvalue weighted by Crippen LogP contribution is 2.43. The van der Waals surface area contributed by atoms with Crippen molar-refractivity contribution in [2.45, 2.75) is 25.9 Å². The van der Waals surface area contributed by atoms with Crippen LogP contribution in [0.5, 0.6) is 11.8 Å². The molecule has 0 saturated heterocycles. The zero-order chi connectivity index (χ0) is 19.6. The van der Waals surface area contributed by atoms with E-state index in [2.05, 4.69) is 15.3 Å². The highest BCUT2D eigenvalue weighted by atomic mass is 19.1. The van der Waals surface area contributed by atoms with E-state index in [1.54, 1.807) is 13.0 Å². The lowest BCUT2D eigenvalue weighted by molar-refractivity contribution is -0.154. The first kappa shape index (κ1) is 18.7. The molecule has 0 spiro atoms. The molecule has 27 heavy (non-hydrogen) atoms. The van der Waals surface area contributed by atoms with Gasteiger partial charge < -0.3 is 20.5 Å². The van der Waals surface area contributed by atoms with Gasteiger partial charge >= 0.3 is 6.01 Å². The molecule has 1 aromatic carbocycles. The number of hydrogen-bond acceptors (Lipinski definition) is 6. The maximum atomic E-state index is 14.5. The summed E-state index contributed by atoms with van der Waals surface area (Å²) in [6.07, 6.45) is 3.12. The molecule has 1 aliphatic carbocycles. The summed E-state index contributed by atoms with van der Waals surface area (Å²) in [7, 11) is 1.50. The smallest absolute Gasteiger partial charge is 0.321 e. The summed E-state index contributed by atoms with van der Waals surface area (Å²) in [6.45, 7) is 1.62. The van der Waals surface area contributed by atoms with Crippen LogP contribution in [0.3, 0.4) is 0 Å². The third-order valence-electron chi connectivity index (χ3n) is 4.61. The summed E-state index contributed by atoms with van der Waals surface area (Å²) in [4.78, 5) is 32.1. The van der Waals surface area contributed by atoms with Gasteiger partial charge in [0, 0.05) is 31.3 Å². The van der Waals surface area contributed by atoms with E-state index in [1.165, 1.54) is 25.6 Å². The Labute approximate surface area is 154 Å². The number of nitrogens with one attached hydrogen (secondary N) is 1. The molecule has 1 aliphatic rings. The molecule has 8 nitrogen and oxygen atoms in total. The Kier molecular flexibility index (Phi) is 5.04. The molecule has 2 amide bonds. The number of hydrogen-bond donors (Lipinski definition) is 2. The predicted molar refractivity (Wildman–Crippen MR) is 93.5 cm³/mol. The second kappa shape index (κ2) is 7.28. The number of amides is 2. The first-order valence-electron chi connectivity index (χ1n) is 8.25. The highest BCUT2D eigenvalue weighted by Gasteiger charge is 2.55. The molecule has 1 fully saturated rings. The molecule has 1 aromatic heterocycles. The fourth-order valence-electron chi connectivity index (χ4n) is 3.00. The lowest BCUT2D eigenvalue weighted by Crippen LogP contribution is -2.57. The van der Waals surface area contributed by atoms with Crippen LogP contribution in [0.25, 0.3) is 0 Å². The van der Waals surface area contributed by atoms with Crippen molar-refractivity contribution in [2.24, 2.45) is 11.1 Å². The summed E-state index contributed by atoms with van der Waals surface area (Å²) < 4.78 is 25.0. The minimum Gasteiger partial charge on any atom is -0.421 e. The van der Waals surface area contributed by atoms with Gasteiger partial charge in [0.15, 0.2) is 11.6 Å². The fourth-order valence-corrected chi connectivity index (χ4v) is 3.00. The minimum atomic E-state index is -1.35. The average molecular weight is 374 g/mol. The van der Waals surface area contributed by atoms with E-state index < -0.39 is 23.0 Å². The molecule has 0 aliphatic heterocycles. The first-order valence-corrected chi connectivity index (χ1v) is 8.25. The van der Waals surface area contributed by atoms with Crippen LogP contribution in [-0.2, 0) is 14.3 Å². The first-order chi connectivity index (χ1) is 12.9. The van der Waals surface area contributed by atoms with Crippen LogP contribution in [0, 0.1) is 18.2 Å². The van der Waals surface area contributed by atoms with Crippen molar-refractivity contribution in [3.05, 3.63) is 42.0 Å². The third-order valence-corrected chi connectivity index (χ3v) is 4.61. The summed E-state index contributed by atoms with van der Waals surface area (Å²) in [5, 5.41) is 2.56. The molecule has 3 rings (SSSR count). The molecule has 1 saturated carbocycles. The van der Waals surface area contributed by atoms with Crippen molar-refractivity contribution >= 4 is 17.5 Å². The van der Waals surface area contributed by atoms with Gasteiger partial charge in [0.2, 0.25) is 11.8 Å². The number of ether oxygens (including phenoxy) is 2. The van der Waals surface area contributed by atoms with Crippen molar-refractivity contribution < 1.29 is 23.5 Å². The van der Waals surface area contributed by atoms with Crippen LogP contribution in [-0.4, -0.2) is 35.0 Å². The number of carbonyl (C=O) groups is 2. The van der Waals surface area contributed by atoms with E-state index in [9.17, 15) is 14.0 Å². The van der Waals surface area contributed by atoms with Crippen LogP contribution >= 0.6 is 0 Å². The molecule has 3 N–H and O–H groups in total. The quantitative estimate of drug-likeness (QED) is 0.747. The molecule has 142 valence electrons. The molecule has 0 radical (unpaired) electrons. The van der Waals surface area contributed by atoms with Gasteiger partial charge in [-0.25, -0.2) is 14.4 Å². The predicted octanol–water partition coefficient (Wildman–Crippen LogP) is 1.94. The number of rotatable bonds is 6. The number of anilines is 1.